The second kappa shape index (κ2) is 8.13. The molecule has 2 aromatic carbocycles. The molecule has 0 saturated carbocycles. The minimum Gasteiger partial charge on any atom is -0.496 e. The summed E-state index contributed by atoms with van der Waals surface area (Å²) in [6.07, 6.45) is -2.30. The second-order valence-electron chi connectivity index (χ2n) is 6.23. The molecule has 1 heterocycles. The fourth-order valence-electron chi connectivity index (χ4n) is 2.71. The van der Waals surface area contributed by atoms with Crippen LogP contribution in [0.15, 0.2) is 54.6 Å². The number of hydrogen-bond donors (Lipinski definition) is 0. The van der Waals surface area contributed by atoms with E-state index in [1.165, 1.54) is 24.1 Å². The van der Waals surface area contributed by atoms with Crippen molar-refractivity contribution in [1.82, 2.24) is 4.90 Å². The highest BCUT2D eigenvalue weighted by Gasteiger charge is 2.44. The van der Waals surface area contributed by atoms with Gasteiger partial charge in [-0.25, -0.2) is 4.39 Å². The summed E-state index contributed by atoms with van der Waals surface area (Å²) in [6, 6.07) is 15.9. The standard InChI is InChI=1S/C19H17BFNO5/c1-22-11-16(23)26-20(27-17(24)12-22)19(21)18(25)15-9-7-14(8-10-15)13-5-3-2-4-6-13/h2-10,19H,11-12H2,1H3/t19-/m0/s1. The summed E-state index contributed by atoms with van der Waals surface area (Å²) < 4.78 is 24.3. The molecule has 0 bridgehead atoms. The largest absolute Gasteiger partial charge is 0.644 e. The van der Waals surface area contributed by atoms with E-state index >= 15 is 0 Å². The minimum atomic E-state index is -2.30. The number of rotatable bonds is 4. The maximum absolute atomic E-state index is 14.6. The third-order valence-electron chi connectivity index (χ3n) is 4.06. The second-order valence-corrected chi connectivity index (χ2v) is 6.23. The van der Waals surface area contributed by atoms with Gasteiger partial charge < -0.3 is 9.31 Å². The van der Waals surface area contributed by atoms with Gasteiger partial charge in [-0.2, -0.15) is 0 Å². The van der Waals surface area contributed by atoms with Crippen molar-refractivity contribution in [3.63, 3.8) is 0 Å². The SMILES string of the molecule is CN1CC(=O)OB([C@@H](F)C(=O)c2ccc(-c3ccccc3)cc2)OC(=O)C1. The van der Waals surface area contributed by atoms with Crippen LogP contribution in [-0.4, -0.2) is 55.9 Å². The molecule has 1 aliphatic rings. The molecule has 1 aliphatic heterocycles. The number of likely N-dealkylation sites (N-methyl/N-ethyl adjacent to an activating group) is 1. The van der Waals surface area contributed by atoms with E-state index < -0.39 is 30.9 Å². The van der Waals surface area contributed by atoms with Crippen molar-refractivity contribution < 1.29 is 28.1 Å². The van der Waals surface area contributed by atoms with Gasteiger partial charge in [-0.3, -0.25) is 19.3 Å². The average Bonchev–Trinajstić information content (AvgIpc) is 2.66. The average molecular weight is 369 g/mol. The van der Waals surface area contributed by atoms with Crippen molar-refractivity contribution in [2.75, 3.05) is 20.1 Å². The number of carbonyl (C=O) groups is 3. The van der Waals surface area contributed by atoms with Crippen LogP contribution in [0.25, 0.3) is 11.1 Å². The van der Waals surface area contributed by atoms with E-state index in [1.54, 1.807) is 12.1 Å². The summed E-state index contributed by atoms with van der Waals surface area (Å²) >= 11 is 0. The predicted molar refractivity (Wildman–Crippen MR) is 96.5 cm³/mol. The van der Waals surface area contributed by atoms with Gasteiger partial charge in [0.1, 0.15) is 0 Å². The molecule has 0 aliphatic carbocycles. The topological polar surface area (TPSA) is 72.9 Å². The number of Topliss-reactive ketones (excluding diaryl/α,β-unsaturated/α-hetero) is 1. The molecule has 8 heteroatoms. The fourth-order valence-corrected chi connectivity index (χ4v) is 2.71. The molecule has 6 nitrogen and oxygen atoms in total. The van der Waals surface area contributed by atoms with Crippen LogP contribution in [0, 0.1) is 0 Å². The van der Waals surface area contributed by atoms with Crippen molar-refractivity contribution in [3.8, 4) is 11.1 Å². The molecule has 1 saturated heterocycles. The molecular weight excluding hydrogens is 352 g/mol. The first-order chi connectivity index (χ1) is 12.9. The summed E-state index contributed by atoms with van der Waals surface area (Å²) in [6.45, 7) is -0.392. The first-order valence-corrected chi connectivity index (χ1v) is 8.35. The van der Waals surface area contributed by atoms with Gasteiger partial charge >= 0.3 is 19.1 Å². The zero-order valence-electron chi connectivity index (χ0n) is 14.6. The summed E-state index contributed by atoms with van der Waals surface area (Å²) in [4.78, 5) is 37.2. The van der Waals surface area contributed by atoms with E-state index in [2.05, 4.69) is 0 Å². The lowest BCUT2D eigenvalue weighted by Gasteiger charge is -2.23. The number of ketones is 1. The first-order valence-electron chi connectivity index (χ1n) is 8.35. The van der Waals surface area contributed by atoms with Crippen molar-refractivity contribution >= 4 is 24.8 Å². The monoisotopic (exact) mass is 369 g/mol. The van der Waals surface area contributed by atoms with E-state index in [-0.39, 0.29) is 18.7 Å². The fraction of sp³-hybridized carbons (Fsp3) is 0.211. The molecule has 138 valence electrons. The normalized spacial score (nSPS) is 16.7. The Hall–Kier alpha value is -3.00. The zero-order valence-corrected chi connectivity index (χ0v) is 14.6. The third-order valence-corrected chi connectivity index (χ3v) is 4.06. The van der Waals surface area contributed by atoms with Crippen LogP contribution in [0.1, 0.15) is 10.4 Å². The predicted octanol–water partition coefficient (Wildman–Crippen LogP) is 1.93. The van der Waals surface area contributed by atoms with Gasteiger partial charge in [0.05, 0.1) is 13.1 Å². The number of hydrogen-bond acceptors (Lipinski definition) is 6. The van der Waals surface area contributed by atoms with Gasteiger partial charge in [0.25, 0.3) is 0 Å². The highest BCUT2D eigenvalue weighted by molar-refractivity contribution is 6.56. The smallest absolute Gasteiger partial charge is 0.496 e. The Kier molecular flexibility index (Phi) is 5.66. The molecule has 0 unspecified atom stereocenters. The molecular formula is C19H17BFNO5. The van der Waals surface area contributed by atoms with Crippen LogP contribution in [0.4, 0.5) is 4.39 Å². The van der Waals surface area contributed by atoms with Crippen molar-refractivity contribution in [2.45, 2.75) is 6.07 Å². The van der Waals surface area contributed by atoms with Gasteiger partial charge in [-0.1, -0.05) is 54.6 Å². The van der Waals surface area contributed by atoms with E-state index in [0.29, 0.717) is 0 Å². The maximum Gasteiger partial charge on any atom is 0.644 e. The van der Waals surface area contributed by atoms with Crippen LogP contribution < -0.4 is 0 Å². The van der Waals surface area contributed by atoms with Crippen LogP contribution in [0.2, 0.25) is 0 Å². The highest BCUT2D eigenvalue weighted by Crippen LogP contribution is 2.21. The molecule has 27 heavy (non-hydrogen) atoms. The zero-order chi connectivity index (χ0) is 19.4. The van der Waals surface area contributed by atoms with Crippen LogP contribution in [0.5, 0.6) is 0 Å². The van der Waals surface area contributed by atoms with Gasteiger partial charge in [0.15, 0.2) is 5.78 Å². The minimum absolute atomic E-state index is 0.0912. The first kappa shape index (κ1) is 18.8. The van der Waals surface area contributed by atoms with E-state index in [9.17, 15) is 18.8 Å². The number of benzene rings is 2. The molecule has 0 aromatic heterocycles. The van der Waals surface area contributed by atoms with Crippen molar-refractivity contribution in [1.29, 1.82) is 0 Å². The molecule has 2 aromatic rings. The Morgan fingerprint density at radius 1 is 0.963 bits per heavy atom. The Labute approximate surface area is 156 Å². The lowest BCUT2D eigenvalue weighted by molar-refractivity contribution is -0.146. The van der Waals surface area contributed by atoms with Gasteiger partial charge in [0.2, 0.25) is 6.07 Å². The maximum atomic E-state index is 14.6. The summed E-state index contributed by atoms with van der Waals surface area (Å²) in [5.41, 5.74) is 1.92. The van der Waals surface area contributed by atoms with E-state index in [0.717, 1.165) is 11.1 Å². The Morgan fingerprint density at radius 3 is 2.04 bits per heavy atom. The van der Waals surface area contributed by atoms with Gasteiger partial charge in [0, 0.05) is 5.56 Å². The molecule has 0 N–H and O–H groups in total. The number of nitrogens with zero attached hydrogens (tertiary/aromatic N) is 1. The summed E-state index contributed by atoms with van der Waals surface area (Å²) in [5, 5.41) is 0. The lowest BCUT2D eigenvalue weighted by atomic mass is 9.77. The number of halogens is 1. The molecule has 0 amide bonds. The third kappa shape index (κ3) is 4.59. The molecule has 1 fully saturated rings. The van der Waals surface area contributed by atoms with Crippen LogP contribution >= 0.6 is 0 Å². The lowest BCUT2D eigenvalue weighted by Crippen LogP contribution is -2.48. The highest BCUT2D eigenvalue weighted by atomic mass is 19.1. The van der Waals surface area contributed by atoms with Gasteiger partial charge in [-0.15, -0.1) is 0 Å². The summed E-state index contributed by atoms with van der Waals surface area (Å²) in [7, 11) is -0.366. The molecule has 1 atom stereocenters. The number of alkyl halides is 1. The van der Waals surface area contributed by atoms with E-state index in [4.69, 9.17) is 9.31 Å². The Morgan fingerprint density at radius 2 is 1.48 bits per heavy atom. The Balaban J connectivity index is 1.74. The van der Waals surface area contributed by atoms with Crippen LogP contribution in [0.3, 0.4) is 0 Å². The molecule has 0 radical (unpaired) electrons. The molecule has 3 rings (SSSR count). The van der Waals surface area contributed by atoms with Gasteiger partial charge in [-0.05, 0) is 18.2 Å². The summed E-state index contributed by atoms with van der Waals surface area (Å²) in [5.74, 6) is -2.47. The Bertz CT molecular complexity index is 823. The number of carbonyl (C=O) groups excluding carboxylic acids is 3. The molecule has 0 spiro atoms. The van der Waals surface area contributed by atoms with Crippen molar-refractivity contribution in [3.05, 3.63) is 60.2 Å². The van der Waals surface area contributed by atoms with Crippen LogP contribution in [-0.2, 0) is 18.9 Å². The quantitative estimate of drug-likeness (QED) is 0.606. The van der Waals surface area contributed by atoms with Crippen molar-refractivity contribution in [2.24, 2.45) is 0 Å². The van der Waals surface area contributed by atoms with E-state index in [1.807, 2.05) is 30.3 Å².